The summed E-state index contributed by atoms with van der Waals surface area (Å²) in [5, 5.41) is 1.68. The minimum absolute atomic E-state index is 0.438. The molecule has 0 radical (unpaired) electrons. The number of ether oxygens (including phenoxy) is 1. The minimum Gasteiger partial charge on any atom is -0.418 e. The van der Waals surface area contributed by atoms with Crippen LogP contribution in [-0.4, -0.2) is 11.5 Å². The maximum Gasteiger partial charge on any atom is 0.299 e. The smallest absolute Gasteiger partial charge is 0.299 e. The van der Waals surface area contributed by atoms with Crippen LogP contribution in [0.5, 0.6) is 5.06 Å². The number of thiophene rings is 1. The van der Waals surface area contributed by atoms with Gasteiger partial charge in [-0.25, -0.2) is 0 Å². The number of carbonyl (C=O) groups excluding carboxylic acids is 1. The van der Waals surface area contributed by atoms with Crippen LogP contribution in [0.25, 0.3) is 10.1 Å². The molecule has 2 aromatic rings. The first-order chi connectivity index (χ1) is 6.31. The van der Waals surface area contributed by atoms with E-state index in [1.807, 2.05) is 19.1 Å². The van der Waals surface area contributed by atoms with E-state index in [9.17, 15) is 4.79 Å². The Morgan fingerprint density at radius 1 is 1.62 bits per heavy atom. The number of hydrogen-bond donors (Lipinski definition) is 0. The van der Waals surface area contributed by atoms with Crippen LogP contribution in [0.3, 0.4) is 0 Å². The first kappa shape index (κ1) is 8.19. The van der Waals surface area contributed by atoms with Gasteiger partial charge in [0.2, 0.25) is 0 Å². The number of fused-ring (bicyclic) bond motifs is 1. The Kier molecular flexibility index (Phi) is 1.98. The van der Waals surface area contributed by atoms with E-state index in [0.29, 0.717) is 11.5 Å². The average molecular weight is 193 g/mol. The molecule has 2 rings (SSSR count). The van der Waals surface area contributed by atoms with Crippen LogP contribution in [-0.2, 0) is 4.79 Å². The van der Waals surface area contributed by atoms with Crippen LogP contribution in [0.4, 0.5) is 0 Å². The van der Waals surface area contributed by atoms with Gasteiger partial charge in [0.25, 0.3) is 6.47 Å². The fraction of sp³-hybridized carbons (Fsp3) is 0.111. The summed E-state index contributed by atoms with van der Waals surface area (Å²) in [6.45, 7) is 2.37. The highest BCUT2D eigenvalue weighted by Gasteiger charge is 2.04. The summed E-state index contributed by atoms with van der Waals surface area (Å²) in [5.41, 5.74) is 0.961. The molecular weight excluding hydrogens is 186 g/mol. The van der Waals surface area contributed by atoms with Gasteiger partial charge in [-0.2, -0.15) is 0 Å². The van der Waals surface area contributed by atoms with E-state index in [1.165, 1.54) is 11.3 Å². The van der Waals surface area contributed by atoms with Gasteiger partial charge in [0, 0.05) is 12.3 Å². The van der Waals surface area contributed by atoms with Crippen LogP contribution in [0.1, 0.15) is 5.69 Å². The van der Waals surface area contributed by atoms with Crippen molar-refractivity contribution in [3.63, 3.8) is 0 Å². The van der Waals surface area contributed by atoms with Crippen molar-refractivity contribution in [2.45, 2.75) is 6.92 Å². The van der Waals surface area contributed by atoms with E-state index in [-0.39, 0.29) is 0 Å². The lowest BCUT2D eigenvalue weighted by Crippen LogP contribution is -1.82. The van der Waals surface area contributed by atoms with Crippen molar-refractivity contribution in [3.05, 3.63) is 24.0 Å². The molecule has 0 saturated heterocycles. The van der Waals surface area contributed by atoms with E-state index < -0.39 is 0 Å². The lowest BCUT2D eigenvalue weighted by atomic mass is 10.3. The highest BCUT2D eigenvalue weighted by Crippen LogP contribution is 2.32. The highest BCUT2D eigenvalue weighted by molar-refractivity contribution is 7.21. The summed E-state index contributed by atoms with van der Waals surface area (Å²) in [6, 6.07) is 3.74. The van der Waals surface area contributed by atoms with Gasteiger partial charge in [0.15, 0.2) is 5.06 Å². The molecule has 0 bridgehead atoms. The maximum atomic E-state index is 10.1. The molecule has 66 valence electrons. The van der Waals surface area contributed by atoms with Crippen molar-refractivity contribution >= 4 is 27.9 Å². The Hall–Kier alpha value is -1.42. The SMILES string of the molecule is Cc1nccc2cc(OC=O)sc12. The Bertz CT molecular complexity index is 450. The molecule has 0 saturated carbocycles. The fourth-order valence-corrected chi connectivity index (χ4v) is 2.10. The van der Waals surface area contributed by atoms with Crippen molar-refractivity contribution in [3.8, 4) is 5.06 Å². The maximum absolute atomic E-state index is 10.1. The van der Waals surface area contributed by atoms with Gasteiger partial charge >= 0.3 is 0 Å². The highest BCUT2D eigenvalue weighted by atomic mass is 32.1. The first-order valence-electron chi connectivity index (χ1n) is 3.76. The molecule has 0 amide bonds. The zero-order valence-electron chi connectivity index (χ0n) is 6.98. The quantitative estimate of drug-likeness (QED) is 0.686. The van der Waals surface area contributed by atoms with Gasteiger partial charge in [-0.1, -0.05) is 11.3 Å². The van der Waals surface area contributed by atoms with Gasteiger partial charge in [-0.15, -0.1) is 0 Å². The van der Waals surface area contributed by atoms with Crippen molar-refractivity contribution in [2.24, 2.45) is 0 Å². The van der Waals surface area contributed by atoms with E-state index in [0.717, 1.165) is 15.8 Å². The lowest BCUT2D eigenvalue weighted by molar-refractivity contribution is -0.120. The van der Waals surface area contributed by atoms with Crippen LogP contribution in [0, 0.1) is 6.92 Å². The zero-order chi connectivity index (χ0) is 9.26. The number of aromatic nitrogens is 1. The standard InChI is InChI=1S/C9H7NO2S/c1-6-9-7(2-3-10-6)4-8(13-9)12-5-11/h2-5H,1H3. The summed E-state index contributed by atoms with van der Waals surface area (Å²) in [4.78, 5) is 14.3. The number of rotatable bonds is 2. The summed E-state index contributed by atoms with van der Waals surface area (Å²) in [7, 11) is 0. The summed E-state index contributed by atoms with van der Waals surface area (Å²) >= 11 is 1.43. The molecule has 0 fully saturated rings. The monoisotopic (exact) mass is 193 g/mol. The number of carbonyl (C=O) groups is 1. The fourth-order valence-electron chi connectivity index (χ4n) is 1.18. The van der Waals surface area contributed by atoms with E-state index in [2.05, 4.69) is 4.98 Å². The molecule has 0 aliphatic heterocycles. The lowest BCUT2D eigenvalue weighted by Gasteiger charge is -1.90. The molecule has 4 heteroatoms. The van der Waals surface area contributed by atoms with Crippen LogP contribution >= 0.6 is 11.3 Å². The Balaban J connectivity index is 2.61. The van der Waals surface area contributed by atoms with Gasteiger partial charge in [0.05, 0.1) is 10.4 Å². The molecule has 3 nitrogen and oxygen atoms in total. The second-order valence-corrected chi connectivity index (χ2v) is 3.61. The predicted octanol–water partition coefficient (Wildman–Crippen LogP) is 2.14. The summed E-state index contributed by atoms with van der Waals surface area (Å²) in [5.74, 6) is 0. The number of hydrogen-bond acceptors (Lipinski definition) is 4. The number of nitrogens with zero attached hydrogens (tertiary/aromatic N) is 1. The third-order valence-electron chi connectivity index (χ3n) is 1.75. The molecule has 0 aliphatic carbocycles. The second-order valence-electron chi connectivity index (χ2n) is 2.59. The average Bonchev–Trinajstić information content (AvgIpc) is 2.49. The summed E-state index contributed by atoms with van der Waals surface area (Å²) in [6.07, 6.45) is 1.75. The molecular formula is C9H7NO2S. The minimum atomic E-state index is 0.438. The second kappa shape index (κ2) is 3.14. The van der Waals surface area contributed by atoms with Crippen LogP contribution in [0.15, 0.2) is 18.3 Å². The van der Waals surface area contributed by atoms with Crippen LogP contribution < -0.4 is 4.74 Å². The number of pyridine rings is 1. The molecule has 2 aromatic heterocycles. The molecule has 2 heterocycles. The third-order valence-corrected chi connectivity index (χ3v) is 2.90. The largest absolute Gasteiger partial charge is 0.418 e. The van der Waals surface area contributed by atoms with Gasteiger partial charge in [-0.3, -0.25) is 9.78 Å². The molecule has 13 heavy (non-hydrogen) atoms. The number of aryl methyl sites for hydroxylation is 1. The Morgan fingerprint density at radius 2 is 2.46 bits per heavy atom. The van der Waals surface area contributed by atoms with Gasteiger partial charge in [0.1, 0.15) is 0 Å². The molecule has 0 aromatic carbocycles. The first-order valence-corrected chi connectivity index (χ1v) is 4.58. The summed E-state index contributed by atoms with van der Waals surface area (Å²) < 4.78 is 5.82. The van der Waals surface area contributed by atoms with Crippen molar-refractivity contribution in [2.75, 3.05) is 0 Å². The Morgan fingerprint density at radius 3 is 3.15 bits per heavy atom. The zero-order valence-corrected chi connectivity index (χ0v) is 7.80. The van der Waals surface area contributed by atoms with Crippen LogP contribution in [0.2, 0.25) is 0 Å². The molecule has 0 spiro atoms. The Labute approximate surface area is 79.0 Å². The van der Waals surface area contributed by atoms with Crippen molar-refractivity contribution in [1.82, 2.24) is 4.98 Å². The molecule has 0 aliphatic rings. The predicted molar refractivity (Wildman–Crippen MR) is 51.0 cm³/mol. The van der Waals surface area contributed by atoms with E-state index >= 15 is 0 Å². The van der Waals surface area contributed by atoms with E-state index in [4.69, 9.17) is 4.74 Å². The molecule has 0 N–H and O–H groups in total. The molecule has 0 atom stereocenters. The third kappa shape index (κ3) is 1.40. The van der Waals surface area contributed by atoms with Crippen molar-refractivity contribution < 1.29 is 9.53 Å². The van der Waals surface area contributed by atoms with E-state index in [1.54, 1.807) is 6.20 Å². The van der Waals surface area contributed by atoms with Gasteiger partial charge < -0.3 is 4.74 Å². The van der Waals surface area contributed by atoms with Crippen molar-refractivity contribution in [1.29, 1.82) is 0 Å². The topological polar surface area (TPSA) is 39.2 Å². The molecule has 0 unspecified atom stereocenters. The normalized spacial score (nSPS) is 10.2. The van der Waals surface area contributed by atoms with Gasteiger partial charge in [-0.05, 0) is 18.4 Å².